The molecule has 1 aliphatic heterocycles. The second kappa shape index (κ2) is 9.27. The lowest BCUT2D eigenvalue weighted by Gasteiger charge is -2.34. The quantitative estimate of drug-likeness (QED) is 0.689. The van der Waals surface area contributed by atoms with Gasteiger partial charge in [-0.2, -0.15) is 0 Å². The summed E-state index contributed by atoms with van der Waals surface area (Å²) in [5.41, 5.74) is 1.02. The predicted molar refractivity (Wildman–Crippen MR) is 86.0 cm³/mol. The van der Waals surface area contributed by atoms with E-state index in [-0.39, 0.29) is 18.4 Å². The molecule has 1 aliphatic rings. The molecule has 1 heterocycles. The number of methoxy groups -OCH3 is 1. The summed E-state index contributed by atoms with van der Waals surface area (Å²) in [6.07, 6.45) is 0.412. The Bertz CT molecular complexity index is 499. The Morgan fingerprint density at radius 1 is 0.957 bits per heavy atom. The van der Waals surface area contributed by atoms with Crippen LogP contribution in [0.15, 0.2) is 30.3 Å². The van der Waals surface area contributed by atoms with Crippen LogP contribution < -0.4 is 0 Å². The first-order chi connectivity index (χ1) is 11.2. The highest BCUT2D eigenvalue weighted by molar-refractivity contribution is 5.80. The number of hydrogen-bond acceptors (Lipinski definition) is 4. The Kier molecular flexibility index (Phi) is 7.03. The minimum atomic E-state index is -0.0312. The van der Waals surface area contributed by atoms with Crippen molar-refractivity contribution in [1.29, 1.82) is 0 Å². The van der Waals surface area contributed by atoms with E-state index in [9.17, 15) is 9.59 Å². The van der Waals surface area contributed by atoms with Crippen molar-refractivity contribution in [1.82, 2.24) is 9.80 Å². The van der Waals surface area contributed by atoms with Crippen LogP contribution in [0.5, 0.6) is 0 Å². The Morgan fingerprint density at radius 3 is 2.17 bits per heavy atom. The standard InChI is InChI=1S/C17H24N2O4/c1-22-11-12-23-14-17(21)19-9-7-18(8-10-19)16(20)13-15-5-3-2-4-6-15/h2-6H,7-14H2,1H3. The van der Waals surface area contributed by atoms with Crippen molar-refractivity contribution in [2.75, 3.05) is 53.1 Å². The molecule has 0 N–H and O–H groups in total. The second-order valence-electron chi connectivity index (χ2n) is 5.47. The van der Waals surface area contributed by atoms with E-state index in [1.807, 2.05) is 35.2 Å². The molecule has 1 saturated heterocycles. The minimum absolute atomic E-state index is 0.0312. The molecule has 0 aromatic heterocycles. The van der Waals surface area contributed by atoms with E-state index < -0.39 is 0 Å². The molecule has 0 saturated carbocycles. The molecule has 6 nitrogen and oxygen atoms in total. The molecule has 1 fully saturated rings. The summed E-state index contributed by atoms with van der Waals surface area (Å²) in [5.74, 6) is 0.0795. The summed E-state index contributed by atoms with van der Waals surface area (Å²) >= 11 is 0. The van der Waals surface area contributed by atoms with Gasteiger partial charge in [-0.3, -0.25) is 9.59 Å². The highest BCUT2D eigenvalue weighted by Crippen LogP contribution is 2.07. The van der Waals surface area contributed by atoms with Gasteiger partial charge < -0.3 is 19.3 Å². The van der Waals surface area contributed by atoms with Gasteiger partial charge in [-0.15, -0.1) is 0 Å². The van der Waals surface area contributed by atoms with Crippen LogP contribution >= 0.6 is 0 Å². The van der Waals surface area contributed by atoms with Crippen LogP contribution in [-0.2, 0) is 25.5 Å². The molecule has 0 spiro atoms. The van der Waals surface area contributed by atoms with Gasteiger partial charge in [-0.05, 0) is 5.56 Å². The van der Waals surface area contributed by atoms with Gasteiger partial charge in [-0.1, -0.05) is 30.3 Å². The zero-order valence-corrected chi connectivity index (χ0v) is 13.6. The van der Waals surface area contributed by atoms with Gasteiger partial charge in [0.15, 0.2) is 0 Å². The molecule has 1 aromatic carbocycles. The van der Waals surface area contributed by atoms with Crippen molar-refractivity contribution in [2.24, 2.45) is 0 Å². The van der Waals surface area contributed by atoms with Gasteiger partial charge in [0.05, 0.1) is 19.6 Å². The van der Waals surface area contributed by atoms with Gasteiger partial charge in [0.2, 0.25) is 11.8 Å². The number of rotatable bonds is 7. The van der Waals surface area contributed by atoms with Crippen LogP contribution in [0.25, 0.3) is 0 Å². The van der Waals surface area contributed by atoms with E-state index >= 15 is 0 Å². The Morgan fingerprint density at radius 2 is 1.57 bits per heavy atom. The van der Waals surface area contributed by atoms with Crippen LogP contribution in [0.4, 0.5) is 0 Å². The number of hydrogen-bond donors (Lipinski definition) is 0. The molecule has 1 aromatic rings. The molecule has 0 unspecified atom stereocenters. The number of piperazine rings is 1. The maximum absolute atomic E-state index is 12.3. The van der Waals surface area contributed by atoms with Gasteiger partial charge in [-0.25, -0.2) is 0 Å². The first-order valence-corrected chi connectivity index (χ1v) is 7.87. The van der Waals surface area contributed by atoms with Gasteiger partial charge in [0.1, 0.15) is 6.61 Å². The number of carbonyl (C=O) groups excluding carboxylic acids is 2. The average Bonchev–Trinajstić information content (AvgIpc) is 2.59. The maximum Gasteiger partial charge on any atom is 0.248 e. The van der Waals surface area contributed by atoms with Crippen LogP contribution in [0, 0.1) is 0 Å². The molecule has 2 rings (SSSR count). The molecule has 126 valence electrons. The first kappa shape index (κ1) is 17.4. The molecule has 23 heavy (non-hydrogen) atoms. The molecule has 6 heteroatoms. The van der Waals surface area contributed by atoms with Crippen LogP contribution in [0.3, 0.4) is 0 Å². The van der Waals surface area contributed by atoms with Crippen LogP contribution in [-0.4, -0.2) is 74.7 Å². The third-order valence-electron chi connectivity index (χ3n) is 3.84. The minimum Gasteiger partial charge on any atom is -0.382 e. The van der Waals surface area contributed by atoms with Crippen molar-refractivity contribution in [3.05, 3.63) is 35.9 Å². The number of amides is 2. The van der Waals surface area contributed by atoms with Gasteiger partial charge in [0, 0.05) is 33.3 Å². The fourth-order valence-corrected chi connectivity index (χ4v) is 2.48. The van der Waals surface area contributed by atoms with Crippen LogP contribution in [0.2, 0.25) is 0 Å². The van der Waals surface area contributed by atoms with E-state index in [4.69, 9.17) is 9.47 Å². The van der Waals surface area contributed by atoms with Crippen molar-refractivity contribution >= 4 is 11.8 Å². The molecular weight excluding hydrogens is 296 g/mol. The lowest BCUT2D eigenvalue weighted by molar-refractivity contribution is -0.142. The topological polar surface area (TPSA) is 59.1 Å². The fraction of sp³-hybridized carbons (Fsp3) is 0.529. The second-order valence-corrected chi connectivity index (χ2v) is 5.47. The number of carbonyl (C=O) groups is 2. The molecule has 0 bridgehead atoms. The van der Waals surface area contributed by atoms with E-state index in [0.717, 1.165) is 5.56 Å². The molecule has 2 amide bonds. The number of ether oxygens (including phenoxy) is 2. The average molecular weight is 320 g/mol. The summed E-state index contributed by atoms with van der Waals surface area (Å²) in [6, 6.07) is 9.71. The molecule has 0 atom stereocenters. The molecule has 0 aliphatic carbocycles. The predicted octanol–water partition coefficient (Wildman–Crippen LogP) is 0.563. The summed E-state index contributed by atoms with van der Waals surface area (Å²) in [4.78, 5) is 27.8. The number of nitrogens with zero attached hydrogens (tertiary/aromatic N) is 2. The Balaban J connectivity index is 1.70. The highest BCUT2D eigenvalue weighted by atomic mass is 16.5. The van der Waals surface area contributed by atoms with Crippen molar-refractivity contribution in [3.63, 3.8) is 0 Å². The Labute approximate surface area is 137 Å². The SMILES string of the molecule is COCCOCC(=O)N1CCN(C(=O)Cc2ccccc2)CC1. The Hall–Kier alpha value is -1.92. The maximum atomic E-state index is 12.3. The smallest absolute Gasteiger partial charge is 0.248 e. The fourth-order valence-electron chi connectivity index (χ4n) is 2.48. The van der Waals surface area contributed by atoms with Crippen molar-refractivity contribution < 1.29 is 19.1 Å². The summed E-state index contributed by atoms with van der Waals surface area (Å²) in [7, 11) is 1.59. The summed E-state index contributed by atoms with van der Waals surface area (Å²) in [6.45, 7) is 3.25. The monoisotopic (exact) mass is 320 g/mol. The van der Waals surface area contributed by atoms with Crippen LogP contribution in [0.1, 0.15) is 5.56 Å². The molecule has 0 radical (unpaired) electrons. The van der Waals surface area contributed by atoms with E-state index in [1.54, 1.807) is 12.0 Å². The number of benzene rings is 1. The third-order valence-corrected chi connectivity index (χ3v) is 3.84. The zero-order valence-electron chi connectivity index (χ0n) is 13.6. The van der Waals surface area contributed by atoms with Crippen molar-refractivity contribution in [3.8, 4) is 0 Å². The largest absolute Gasteiger partial charge is 0.382 e. The normalized spacial score (nSPS) is 14.8. The van der Waals surface area contributed by atoms with Gasteiger partial charge in [0.25, 0.3) is 0 Å². The van der Waals surface area contributed by atoms with E-state index in [0.29, 0.717) is 45.8 Å². The molecular formula is C17H24N2O4. The van der Waals surface area contributed by atoms with E-state index in [2.05, 4.69) is 0 Å². The van der Waals surface area contributed by atoms with Crippen molar-refractivity contribution in [2.45, 2.75) is 6.42 Å². The van der Waals surface area contributed by atoms with E-state index in [1.165, 1.54) is 0 Å². The summed E-state index contributed by atoms with van der Waals surface area (Å²) < 4.78 is 10.1. The highest BCUT2D eigenvalue weighted by Gasteiger charge is 2.23. The zero-order chi connectivity index (χ0) is 16.5. The lowest BCUT2D eigenvalue weighted by Crippen LogP contribution is -2.51. The van der Waals surface area contributed by atoms with Gasteiger partial charge >= 0.3 is 0 Å². The lowest BCUT2D eigenvalue weighted by atomic mass is 10.1. The third kappa shape index (κ3) is 5.65. The first-order valence-electron chi connectivity index (χ1n) is 7.87. The summed E-state index contributed by atoms with van der Waals surface area (Å²) in [5, 5.41) is 0.